The number of nitrogens with zero attached hydrogens (tertiary/aromatic N) is 1. The second kappa shape index (κ2) is 8.44. The van der Waals surface area contributed by atoms with Crippen molar-refractivity contribution in [2.75, 3.05) is 4.90 Å². The van der Waals surface area contributed by atoms with Crippen molar-refractivity contribution in [3.8, 4) is 0 Å². The van der Waals surface area contributed by atoms with Crippen LogP contribution in [0.25, 0.3) is 52.5 Å². The highest BCUT2D eigenvalue weighted by Crippen LogP contribution is 2.47. The normalized spacial score (nSPS) is 11.7. The SMILES string of the molecule is c1ccc(N(c2cc3ccccc3c3ccccc23)c2cccc3c2sc2cc4ccccc4cc23)cc1. The summed E-state index contributed by atoms with van der Waals surface area (Å²) >= 11 is 1.89. The van der Waals surface area contributed by atoms with E-state index in [1.807, 2.05) is 11.3 Å². The average molecular weight is 502 g/mol. The lowest BCUT2D eigenvalue weighted by Crippen LogP contribution is -2.10. The Morgan fingerprint density at radius 2 is 1.03 bits per heavy atom. The summed E-state index contributed by atoms with van der Waals surface area (Å²) in [6, 6.07) is 50.7. The monoisotopic (exact) mass is 501 g/mol. The molecule has 8 aromatic rings. The van der Waals surface area contributed by atoms with Crippen molar-refractivity contribution in [1.29, 1.82) is 0 Å². The molecule has 38 heavy (non-hydrogen) atoms. The van der Waals surface area contributed by atoms with Crippen LogP contribution in [0.2, 0.25) is 0 Å². The molecular formula is C36H23NS. The van der Waals surface area contributed by atoms with E-state index in [1.165, 1.54) is 63.9 Å². The molecule has 0 spiro atoms. The van der Waals surface area contributed by atoms with Gasteiger partial charge in [-0.2, -0.15) is 0 Å². The molecule has 178 valence electrons. The van der Waals surface area contributed by atoms with Gasteiger partial charge in [0.2, 0.25) is 0 Å². The minimum atomic E-state index is 1.16. The third kappa shape index (κ3) is 3.24. The van der Waals surface area contributed by atoms with Crippen LogP contribution in [0, 0.1) is 0 Å². The number of benzene rings is 7. The molecule has 0 atom stereocenters. The lowest BCUT2D eigenvalue weighted by Gasteiger charge is -2.28. The van der Waals surface area contributed by atoms with Crippen LogP contribution in [0.15, 0.2) is 140 Å². The second-order valence-electron chi connectivity index (χ2n) is 9.78. The Morgan fingerprint density at radius 3 is 1.84 bits per heavy atom. The van der Waals surface area contributed by atoms with E-state index in [0.29, 0.717) is 0 Å². The standard InChI is InChI=1S/C36H23NS/c1-2-14-27(15-3-1)37(34-22-26-13-6-7-16-28(26)29-17-8-9-18-30(29)34)33-20-10-19-31-32-21-24-11-4-5-12-25(24)23-35(32)38-36(31)33/h1-23H. The molecule has 1 heterocycles. The largest absolute Gasteiger partial charge is 0.308 e. The predicted octanol–water partition coefficient (Wildman–Crippen LogP) is 11.0. The number of para-hydroxylation sites is 1. The van der Waals surface area contributed by atoms with Crippen LogP contribution in [0.4, 0.5) is 17.1 Å². The first-order chi connectivity index (χ1) is 18.8. The van der Waals surface area contributed by atoms with Crippen LogP contribution in [0.3, 0.4) is 0 Å². The maximum Gasteiger partial charge on any atom is 0.0640 e. The van der Waals surface area contributed by atoms with Crippen LogP contribution in [-0.2, 0) is 0 Å². The van der Waals surface area contributed by atoms with Crippen molar-refractivity contribution in [3.05, 3.63) is 140 Å². The Balaban J connectivity index is 1.48. The van der Waals surface area contributed by atoms with Crippen molar-refractivity contribution in [1.82, 2.24) is 0 Å². The first-order valence-corrected chi connectivity index (χ1v) is 13.8. The molecule has 8 rings (SSSR count). The molecule has 1 nitrogen and oxygen atoms in total. The lowest BCUT2D eigenvalue weighted by molar-refractivity contribution is 1.32. The van der Waals surface area contributed by atoms with Gasteiger partial charge in [-0.05, 0) is 63.3 Å². The Morgan fingerprint density at radius 1 is 0.395 bits per heavy atom. The second-order valence-corrected chi connectivity index (χ2v) is 10.8. The van der Waals surface area contributed by atoms with Gasteiger partial charge in [0.1, 0.15) is 0 Å². The molecule has 0 amide bonds. The minimum absolute atomic E-state index is 1.16. The topological polar surface area (TPSA) is 3.24 Å². The molecule has 0 aliphatic rings. The van der Waals surface area contributed by atoms with Gasteiger partial charge in [0.05, 0.1) is 16.1 Å². The number of hydrogen-bond donors (Lipinski definition) is 0. The molecule has 1 aromatic heterocycles. The Labute approximate surface area is 224 Å². The highest BCUT2D eigenvalue weighted by atomic mass is 32.1. The Kier molecular flexibility index (Phi) is 4.76. The summed E-state index contributed by atoms with van der Waals surface area (Å²) in [6.07, 6.45) is 0. The maximum absolute atomic E-state index is 2.45. The summed E-state index contributed by atoms with van der Waals surface area (Å²) in [4.78, 5) is 2.45. The first kappa shape index (κ1) is 21.4. The fraction of sp³-hybridized carbons (Fsp3) is 0. The van der Waals surface area contributed by atoms with E-state index in [0.717, 1.165) is 5.69 Å². The smallest absolute Gasteiger partial charge is 0.0640 e. The Hall–Kier alpha value is -4.66. The van der Waals surface area contributed by atoms with Crippen molar-refractivity contribution < 1.29 is 0 Å². The van der Waals surface area contributed by atoms with E-state index in [-0.39, 0.29) is 0 Å². The third-order valence-electron chi connectivity index (χ3n) is 7.59. The van der Waals surface area contributed by atoms with Crippen molar-refractivity contribution in [2.24, 2.45) is 0 Å². The maximum atomic E-state index is 2.45. The number of hydrogen-bond acceptors (Lipinski definition) is 2. The zero-order chi connectivity index (χ0) is 25.1. The van der Waals surface area contributed by atoms with E-state index >= 15 is 0 Å². The summed E-state index contributed by atoms with van der Waals surface area (Å²) < 4.78 is 2.63. The Bertz CT molecular complexity index is 2140. The summed E-state index contributed by atoms with van der Waals surface area (Å²) in [5.74, 6) is 0. The number of anilines is 3. The van der Waals surface area contributed by atoms with Gasteiger partial charge in [0, 0.05) is 26.5 Å². The van der Waals surface area contributed by atoms with Gasteiger partial charge in [0.15, 0.2) is 0 Å². The van der Waals surface area contributed by atoms with Gasteiger partial charge in [-0.25, -0.2) is 0 Å². The van der Waals surface area contributed by atoms with Crippen molar-refractivity contribution >= 4 is 80.9 Å². The summed E-state index contributed by atoms with van der Waals surface area (Å²) in [5, 5.41) is 10.2. The average Bonchev–Trinajstić information content (AvgIpc) is 3.35. The number of fused-ring (bicyclic) bond motifs is 7. The van der Waals surface area contributed by atoms with Crippen molar-refractivity contribution in [3.63, 3.8) is 0 Å². The fourth-order valence-electron chi connectivity index (χ4n) is 5.85. The van der Waals surface area contributed by atoms with E-state index in [1.54, 1.807) is 0 Å². The van der Waals surface area contributed by atoms with Gasteiger partial charge in [-0.15, -0.1) is 11.3 Å². The first-order valence-electron chi connectivity index (χ1n) is 12.9. The van der Waals surface area contributed by atoms with Gasteiger partial charge >= 0.3 is 0 Å². The quantitative estimate of drug-likeness (QED) is 0.218. The van der Waals surface area contributed by atoms with Gasteiger partial charge in [-0.1, -0.05) is 103 Å². The molecule has 7 aromatic carbocycles. The molecule has 0 N–H and O–H groups in total. The van der Waals surface area contributed by atoms with Gasteiger partial charge in [-0.3, -0.25) is 0 Å². The third-order valence-corrected chi connectivity index (χ3v) is 8.78. The van der Waals surface area contributed by atoms with Gasteiger partial charge < -0.3 is 4.90 Å². The lowest BCUT2D eigenvalue weighted by atomic mass is 9.99. The summed E-state index contributed by atoms with van der Waals surface area (Å²) in [6.45, 7) is 0. The van der Waals surface area contributed by atoms with E-state index < -0.39 is 0 Å². The van der Waals surface area contributed by atoms with E-state index in [2.05, 4.69) is 144 Å². The fourth-order valence-corrected chi connectivity index (χ4v) is 7.09. The molecule has 0 aliphatic heterocycles. The molecule has 0 saturated heterocycles. The molecule has 0 unspecified atom stereocenters. The molecule has 0 aliphatic carbocycles. The highest BCUT2D eigenvalue weighted by molar-refractivity contribution is 7.26. The van der Waals surface area contributed by atoms with Crippen LogP contribution < -0.4 is 4.90 Å². The summed E-state index contributed by atoms with van der Waals surface area (Å²) in [5.41, 5.74) is 3.56. The molecule has 2 heteroatoms. The van der Waals surface area contributed by atoms with Crippen LogP contribution >= 0.6 is 11.3 Å². The molecule has 0 saturated carbocycles. The van der Waals surface area contributed by atoms with Gasteiger partial charge in [0.25, 0.3) is 0 Å². The zero-order valence-electron chi connectivity index (χ0n) is 20.6. The van der Waals surface area contributed by atoms with Crippen LogP contribution in [0.5, 0.6) is 0 Å². The van der Waals surface area contributed by atoms with E-state index in [4.69, 9.17) is 0 Å². The van der Waals surface area contributed by atoms with E-state index in [9.17, 15) is 0 Å². The molecule has 0 fully saturated rings. The van der Waals surface area contributed by atoms with Crippen molar-refractivity contribution in [2.45, 2.75) is 0 Å². The number of thiophene rings is 1. The predicted molar refractivity (Wildman–Crippen MR) is 167 cm³/mol. The molecule has 0 radical (unpaired) electrons. The zero-order valence-corrected chi connectivity index (χ0v) is 21.5. The summed E-state index contributed by atoms with van der Waals surface area (Å²) in [7, 11) is 0. The molecule has 0 bridgehead atoms. The number of rotatable bonds is 3. The van der Waals surface area contributed by atoms with Crippen LogP contribution in [0.1, 0.15) is 0 Å². The minimum Gasteiger partial charge on any atom is -0.308 e. The highest BCUT2D eigenvalue weighted by Gasteiger charge is 2.20. The van der Waals surface area contributed by atoms with Crippen LogP contribution in [-0.4, -0.2) is 0 Å². The molecular weight excluding hydrogens is 478 g/mol.